The second kappa shape index (κ2) is 6.67. The molecule has 8 heteroatoms. The minimum Gasteiger partial charge on any atom is -0.496 e. The lowest BCUT2D eigenvalue weighted by molar-refractivity contribution is -0.115. The molecule has 2 aromatic heterocycles. The summed E-state index contributed by atoms with van der Waals surface area (Å²) in [6, 6.07) is 13.0. The Hall–Kier alpha value is -3.68. The highest BCUT2D eigenvalue weighted by molar-refractivity contribution is 5.97. The van der Waals surface area contributed by atoms with Crippen LogP contribution in [0.15, 0.2) is 48.7 Å². The number of carbonyl (C=O) groups excluding carboxylic acids is 1. The quantitative estimate of drug-likeness (QED) is 0.513. The van der Waals surface area contributed by atoms with Gasteiger partial charge in [-0.1, -0.05) is 6.07 Å². The molecule has 4 rings (SSSR count). The average Bonchev–Trinajstić information content (AvgIpc) is 3.33. The number of aromatic amines is 2. The molecule has 0 fully saturated rings. The zero-order chi connectivity index (χ0) is 17.9. The second-order valence-corrected chi connectivity index (χ2v) is 5.73. The van der Waals surface area contributed by atoms with Crippen molar-refractivity contribution in [1.82, 2.24) is 25.6 Å². The van der Waals surface area contributed by atoms with Crippen LogP contribution < -0.4 is 10.1 Å². The fourth-order valence-electron chi connectivity index (χ4n) is 2.89. The van der Waals surface area contributed by atoms with Crippen molar-refractivity contribution in [3.8, 4) is 17.1 Å². The normalized spacial score (nSPS) is 10.8. The van der Waals surface area contributed by atoms with Gasteiger partial charge in [-0.2, -0.15) is 5.21 Å². The number of methoxy groups -OCH3 is 1. The molecule has 2 aromatic carbocycles. The van der Waals surface area contributed by atoms with E-state index in [-0.39, 0.29) is 12.3 Å². The van der Waals surface area contributed by atoms with E-state index >= 15 is 0 Å². The molecule has 130 valence electrons. The summed E-state index contributed by atoms with van der Waals surface area (Å²) in [6.45, 7) is 0. The maximum Gasteiger partial charge on any atom is 0.228 e. The Kier molecular flexibility index (Phi) is 4.06. The first kappa shape index (κ1) is 15.8. The number of tetrazole rings is 1. The highest BCUT2D eigenvalue weighted by Crippen LogP contribution is 2.29. The molecule has 0 spiro atoms. The van der Waals surface area contributed by atoms with E-state index in [0.717, 1.165) is 27.8 Å². The van der Waals surface area contributed by atoms with Crippen molar-refractivity contribution in [2.75, 3.05) is 12.4 Å². The molecule has 0 aliphatic rings. The summed E-state index contributed by atoms with van der Waals surface area (Å²) in [5, 5.41) is 17.6. The van der Waals surface area contributed by atoms with Gasteiger partial charge < -0.3 is 15.0 Å². The van der Waals surface area contributed by atoms with Crippen LogP contribution in [-0.4, -0.2) is 38.6 Å². The molecule has 2 heterocycles. The fourth-order valence-corrected chi connectivity index (χ4v) is 2.89. The summed E-state index contributed by atoms with van der Waals surface area (Å²) in [6.07, 6.45) is 2.08. The highest BCUT2D eigenvalue weighted by Gasteiger charge is 2.13. The third kappa shape index (κ3) is 3.00. The molecule has 0 unspecified atom stereocenters. The summed E-state index contributed by atoms with van der Waals surface area (Å²) in [5.74, 6) is 1.15. The number of hydrogen-bond donors (Lipinski definition) is 3. The highest BCUT2D eigenvalue weighted by atomic mass is 16.5. The van der Waals surface area contributed by atoms with Gasteiger partial charge in [-0.25, -0.2) is 0 Å². The van der Waals surface area contributed by atoms with Crippen molar-refractivity contribution < 1.29 is 9.53 Å². The smallest absolute Gasteiger partial charge is 0.228 e. The number of nitrogens with zero attached hydrogens (tertiary/aromatic N) is 3. The topological polar surface area (TPSA) is 109 Å². The van der Waals surface area contributed by atoms with Crippen molar-refractivity contribution in [2.24, 2.45) is 0 Å². The van der Waals surface area contributed by atoms with E-state index in [0.29, 0.717) is 11.5 Å². The number of fused-ring (bicyclic) bond motifs is 1. The van der Waals surface area contributed by atoms with Crippen LogP contribution in [0.5, 0.6) is 5.75 Å². The van der Waals surface area contributed by atoms with Crippen LogP contribution in [0.4, 0.5) is 5.69 Å². The van der Waals surface area contributed by atoms with Gasteiger partial charge in [0.1, 0.15) is 5.75 Å². The van der Waals surface area contributed by atoms with Gasteiger partial charge >= 0.3 is 0 Å². The molecule has 4 aromatic rings. The number of benzene rings is 2. The van der Waals surface area contributed by atoms with Crippen molar-refractivity contribution in [3.05, 3.63) is 54.2 Å². The number of rotatable bonds is 5. The summed E-state index contributed by atoms with van der Waals surface area (Å²) in [4.78, 5) is 15.6. The van der Waals surface area contributed by atoms with Gasteiger partial charge in [0.2, 0.25) is 11.7 Å². The maximum atomic E-state index is 12.4. The third-order valence-electron chi connectivity index (χ3n) is 4.09. The van der Waals surface area contributed by atoms with Crippen molar-refractivity contribution in [1.29, 1.82) is 0 Å². The predicted octanol–water partition coefficient (Wildman–Crippen LogP) is 2.54. The van der Waals surface area contributed by atoms with Gasteiger partial charge in [-0.05, 0) is 47.2 Å². The zero-order valence-electron chi connectivity index (χ0n) is 14.0. The first-order valence-corrected chi connectivity index (χ1v) is 8.01. The van der Waals surface area contributed by atoms with Gasteiger partial charge in [0, 0.05) is 28.4 Å². The number of H-pyrrole nitrogens is 2. The van der Waals surface area contributed by atoms with Gasteiger partial charge in [0.15, 0.2) is 0 Å². The zero-order valence-corrected chi connectivity index (χ0v) is 14.0. The number of anilines is 1. The van der Waals surface area contributed by atoms with E-state index in [4.69, 9.17) is 4.74 Å². The van der Waals surface area contributed by atoms with Crippen LogP contribution in [-0.2, 0) is 11.2 Å². The van der Waals surface area contributed by atoms with E-state index in [1.807, 2.05) is 36.5 Å². The molecule has 0 saturated carbocycles. The largest absolute Gasteiger partial charge is 0.496 e. The molecule has 0 saturated heterocycles. The lowest BCUT2D eigenvalue weighted by Gasteiger charge is -2.07. The molecular weight excluding hydrogens is 332 g/mol. The van der Waals surface area contributed by atoms with Crippen LogP contribution in [0.1, 0.15) is 5.56 Å². The number of carbonyl (C=O) groups is 1. The standard InChI is InChI=1S/C18H16N6O2/c1-26-15-4-2-3-14-17(15)12(10-19-14)9-16(25)20-13-7-5-11(6-8-13)18-21-23-24-22-18/h2-8,10,19H,9H2,1H3,(H,20,25)(H,21,22,23,24). The van der Waals surface area contributed by atoms with Gasteiger partial charge in [-0.3, -0.25) is 4.79 Å². The number of hydrogen-bond acceptors (Lipinski definition) is 5. The van der Waals surface area contributed by atoms with Crippen LogP contribution in [0.2, 0.25) is 0 Å². The summed E-state index contributed by atoms with van der Waals surface area (Å²) < 4.78 is 5.40. The van der Waals surface area contributed by atoms with Crippen LogP contribution in [0, 0.1) is 0 Å². The Balaban J connectivity index is 1.49. The van der Waals surface area contributed by atoms with Crippen LogP contribution in [0.3, 0.4) is 0 Å². The van der Waals surface area contributed by atoms with E-state index in [9.17, 15) is 4.79 Å². The maximum absolute atomic E-state index is 12.4. The van der Waals surface area contributed by atoms with Gasteiger partial charge in [0.25, 0.3) is 0 Å². The minimum absolute atomic E-state index is 0.107. The number of nitrogens with one attached hydrogen (secondary N) is 3. The monoisotopic (exact) mass is 348 g/mol. The molecule has 0 radical (unpaired) electrons. The van der Waals surface area contributed by atoms with Crippen LogP contribution in [0.25, 0.3) is 22.3 Å². The molecule has 0 aliphatic heterocycles. The lowest BCUT2D eigenvalue weighted by Crippen LogP contribution is -2.14. The Bertz CT molecular complexity index is 1040. The third-order valence-corrected chi connectivity index (χ3v) is 4.09. The Morgan fingerprint density at radius 2 is 2.04 bits per heavy atom. The molecule has 8 nitrogen and oxygen atoms in total. The first-order valence-electron chi connectivity index (χ1n) is 8.01. The molecule has 0 bridgehead atoms. The SMILES string of the molecule is COc1cccc2[nH]cc(CC(=O)Nc3ccc(-c4nn[nH]n4)cc3)c12. The molecule has 0 aliphatic carbocycles. The molecule has 1 amide bonds. The Labute approximate surface area is 148 Å². The van der Waals surface area contributed by atoms with Crippen molar-refractivity contribution in [3.63, 3.8) is 0 Å². The van der Waals surface area contributed by atoms with Crippen molar-refractivity contribution in [2.45, 2.75) is 6.42 Å². The van der Waals surface area contributed by atoms with Crippen LogP contribution >= 0.6 is 0 Å². The fraction of sp³-hybridized carbons (Fsp3) is 0.111. The summed E-state index contributed by atoms with van der Waals surface area (Å²) >= 11 is 0. The lowest BCUT2D eigenvalue weighted by atomic mass is 10.1. The second-order valence-electron chi connectivity index (χ2n) is 5.73. The molecule has 3 N–H and O–H groups in total. The van der Waals surface area contributed by atoms with E-state index in [2.05, 4.69) is 30.9 Å². The van der Waals surface area contributed by atoms with Crippen molar-refractivity contribution >= 4 is 22.5 Å². The number of amides is 1. The average molecular weight is 348 g/mol. The van der Waals surface area contributed by atoms with Gasteiger partial charge in [-0.15, -0.1) is 10.2 Å². The number of aromatic nitrogens is 5. The Morgan fingerprint density at radius 3 is 2.77 bits per heavy atom. The van der Waals surface area contributed by atoms with E-state index in [1.54, 1.807) is 19.2 Å². The van der Waals surface area contributed by atoms with Gasteiger partial charge in [0.05, 0.1) is 13.5 Å². The molecule has 0 atom stereocenters. The van der Waals surface area contributed by atoms with E-state index in [1.165, 1.54) is 0 Å². The minimum atomic E-state index is -0.107. The van der Waals surface area contributed by atoms with E-state index < -0.39 is 0 Å². The Morgan fingerprint density at radius 1 is 1.19 bits per heavy atom. The predicted molar refractivity (Wildman–Crippen MR) is 96.8 cm³/mol. The molecular formula is C18H16N6O2. The molecule has 26 heavy (non-hydrogen) atoms. The number of ether oxygens (including phenoxy) is 1. The summed E-state index contributed by atoms with van der Waals surface area (Å²) in [7, 11) is 1.62. The first-order chi connectivity index (χ1) is 12.7. The summed E-state index contributed by atoms with van der Waals surface area (Å²) in [5.41, 5.74) is 3.35.